The van der Waals surface area contributed by atoms with Crippen molar-refractivity contribution in [1.82, 2.24) is 4.90 Å². The van der Waals surface area contributed by atoms with Crippen LogP contribution in [0, 0.1) is 5.82 Å². The van der Waals surface area contributed by atoms with E-state index in [-0.39, 0.29) is 22.7 Å². The van der Waals surface area contributed by atoms with E-state index in [0.717, 1.165) is 0 Å². The van der Waals surface area contributed by atoms with Gasteiger partial charge in [0.15, 0.2) is 0 Å². The Labute approximate surface area is 184 Å². The first kappa shape index (κ1) is 22.8. The molecule has 0 aliphatic carbocycles. The first-order valence-corrected chi connectivity index (χ1v) is 10.2. The van der Waals surface area contributed by atoms with E-state index in [1.165, 1.54) is 35.2 Å². The van der Waals surface area contributed by atoms with Gasteiger partial charge >= 0.3 is 0 Å². The van der Waals surface area contributed by atoms with Crippen molar-refractivity contribution in [3.63, 3.8) is 0 Å². The molecule has 1 aliphatic rings. The molecule has 6 nitrogen and oxygen atoms in total. The lowest BCUT2D eigenvalue weighted by atomic mass is 9.95. The van der Waals surface area contributed by atoms with Gasteiger partial charge in [-0.1, -0.05) is 23.7 Å². The van der Waals surface area contributed by atoms with Crippen molar-refractivity contribution in [3.8, 4) is 5.75 Å². The Bertz CT molecular complexity index is 1010. The Kier molecular flexibility index (Phi) is 7.30. The number of nitrogens with zero attached hydrogens (tertiary/aromatic N) is 1. The predicted molar refractivity (Wildman–Crippen MR) is 115 cm³/mol. The molecule has 1 aliphatic heterocycles. The third kappa shape index (κ3) is 4.73. The second-order valence-electron chi connectivity index (χ2n) is 6.97. The number of ketones is 1. The Balaban J connectivity index is 2.15. The number of amides is 1. The van der Waals surface area contributed by atoms with Gasteiger partial charge in [0, 0.05) is 25.8 Å². The number of carbonyl (C=O) groups is 2. The molecule has 1 saturated heterocycles. The summed E-state index contributed by atoms with van der Waals surface area (Å²) in [6.45, 7) is 2.83. The number of aliphatic hydroxyl groups excluding tert-OH is 1. The van der Waals surface area contributed by atoms with Crippen LogP contribution in [0.3, 0.4) is 0 Å². The number of rotatable bonds is 8. The van der Waals surface area contributed by atoms with E-state index in [4.69, 9.17) is 21.1 Å². The summed E-state index contributed by atoms with van der Waals surface area (Å²) in [7, 11) is 1.54. The summed E-state index contributed by atoms with van der Waals surface area (Å²) in [6, 6.07) is 9.28. The summed E-state index contributed by atoms with van der Waals surface area (Å²) in [6.07, 6.45) is 0.488. The minimum atomic E-state index is -0.885. The van der Waals surface area contributed by atoms with E-state index in [9.17, 15) is 19.1 Å². The fourth-order valence-electron chi connectivity index (χ4n) is 3.57. The van der Waals surface area contributed by atoms with E-state index < -0.39 is 29.3 Å². The smallest absolute Gasteiger partial charge is 0.295 e. The summed E-state index contributed by atoms with van der Waals surface area (Å²) < 4.78 is 24.0. The topological polar surface area (TPSA) is 76.1 Å². The SMILES string of the molecule is CCOc1ccc(Cl)c(/C(O)=C2\C(=O)C(=O)N(CCCOC)C2c2ccc(F)cc2)c1. The van der Waals surface area contributed by atoms with Crippen LogP contribution in [-0.4, -0.2) is 48.6 Å². The molecule has 1 unspecified atom stereocenters. The normalized spacial score (nSPS) is 17.9. The van der Waals surface area contributed by atoms with Crippen LogP contribution in [0.5, 0.6) is 5.75 Å². The summed E-state index contributed by atoms with van der Waals surface area (Å²) >= 11 is 6.28. The number of Topliss-reactive ketones (excluding diaryl/α,β-unsaturated/α-hetero) is 1. The van der Waals surface area contributed by atoms with E-state index >= 15 is 0 Å². The minimum absolute atomic E-state index is 0.107. The van der Waals surface area contributed by atoms with Gasteiger partial charge in [0.1, 0.15) is 17.3 Å². The zero-order chi connectivity index (χ0) is 22.5. The zero-order valence-corrected chi connectivity index (χ0v) is 18.0. The molecule has 0 saturated carbocycles. The Hall–Kier alpha value is -2.90. The Morgan fingerprint density at radius 2 is 1.90 bits per heavy atom. The quantitative estimate of drug-likeness (QED) is 0.282. The molecule has 8 heteroatoms. The molecule has 31 heavy (non-hydrogen) atoms. The maximum absolute atomic E-state index is 13.5. The molecule has 2 aromatic rings. The fraction of sp³-hybridized carbons (Fsp3) is 0.304. The van der Waals surface area contributed by atoms with Crippen molar-refractivity contribution in [2.75, 3.05) is 26.9 Å². The summed E-state index contributed by atoms with van der Waals surface area (Å²) in [5.74, 6) is -1.98. The molecule has 0 bridgehead atoms. The summed E-state index contributed by atoms with van der Waals surface area (Å²) in [5, 5.41) is 11.3. The van der Waals surface area contributed by atoms with E-state index in [1.54, 1.807) is 19.2 Å². The van der Waals surface area contributed by atoms with Crippen molar-refractivity contribution in [1.29, 1.82) is 0 Å². The third-order valence-electron chi connectivity index (χ3n) is 4.98. The molecule has 0 radical (unpaired) electrons. The van der Waals surface area contributed by atoms with Crippen LogP contribution in [0.2, 0.25) is 5.02 Å². The standard InChI is InChI=1S/C23H23ClFNO5/c1-3-31-16-9-10-18(24)17(13-16)21(27)19-20(14-5-7-15(25)8-6-14)26(11-4-12-30-2)23(29)22(19)28/h5-10,13,20,27H,3-4,11-12H2,1-2H3/b21-19+. The van der Waals surface area contributed by atoms with Crippen LogP contribution < -0.4 is 4.74 Å². The van der Waals surface area contributed by atoms with Crippen LogP contribution in [0.4, 0.5) is 4.39 Å². The van der Waals surface area contributed by atoms with E-state index in [2.05, 4.69) is 0 Å². The second-order valence-corrected chi connectivity index (χ2v) is 7.37. The van der Waals surface area contributed by atoms with Crippen molar-refractivity contribution in [2.45, 2.75) is 19.4 Å². The molecular formula is C23H23ClFNO5. The van der Waals surface area contributed by atoms with Gasteiger partial charge in [0.25, 0.3) is 11.7 Å². The third-order valence-corrected chi connectivity index (χ3v) is 5.31. The van der Waals surface area contributed by atoms with E-state index in [0.29, 0.717) is 30.9 Å². The molecule has 164 valence electrons. The number of carbonyl (C=O) groups excluding carboxylic acids is 2. The van der Waals surface area contributed by atoms with E-state index in [1.807, 2.05) is 6.92 Å². The molecule has 1 N–H and O–H groups in total. The van der Waals surface area contributed by atoms with Crippen LogP contribution in [-0.2, 0) is 14.3 Å². The molecule has 1 amide bonds. The second kappa shape index (κ2) is 9.94. The highest BCUT2D eigenvalue weighted by Crippen LogP contribution is 2.41. The zero-order valence-electron chi connectivity index (χ0n) is 17.2. The summed E-state index contributed by atoms with van der Waals surface area (Å²) in [4.78, 5) is 27.1. The lowest BCUT2D eigenvalue weighted by molar-refractivity contribution is -0.140. The number of likely N-dealkylation sites (tertiary alicyclic amines) is 1. The van der Waals surface area contributed by atoms with Gasteiger partial charge in [-0.2, -0.15) is 0 Å². The average molecular weight is 448 g/mol. The lowest BCUT2D eigenvalue weighted by Crippen LogP contribution is -2.31. The predicted octanol–water partition coefficient (Wildman–Crippen LogP) is 4.34. The number of halogens is 2. The molecular weight excluding hydrogens is 425 g/mol. The van der Waals surface area contributed by atoms with Gasteiger partial charge in [-0.05, 0) is 49.2 Å². The van der Waals surface area contributed by atoms with Crippen molar-refractivity contribution >= 4 is 29.1 Å². The fourth-order valence-corrected chi connectivity index (χ4v) is 3.78. The van der Waals surface area contributed by atoms with Gasteiger partial charge in [-0.15, -0.1) is 0 Å². The molecule has 3 rings (SSSR count). The summed E-state index contributed by atoms with van der Waals surface area (Å²) in [5.41, 5.74) is 0.566. The largest absolute Gasteiger partial charge is 0.507 e. The highest BCUT2D eigenvalue weighted by molar-refractivity contribution is 6.47. The molecule has 2 aromatic carbocycles. The minimum Gasteiger partial charge on any atom is -0.507 e. The van der Waals surface area contributed by atoms with Gasteiger partial charge in [0.2, 0.25) is 0 Å². The van der Waals surface area contributed by atoms with Crippen molar-refractivity contribution < 1.29 is 28.6 Å². The van der Waals surface area contributed by atoms with Crippen LogP contribution >= 0.6 is 11.6 Å². The lowest BCUT2D eigenvalue weighted by Gasteiger charge is -2.25. The number of aliphatic hydroxyl groups is 1. The highest BCUT2D eigenvalue weighted by Gasteiger charge is 2.46. The van der Waals surface area contributed by atoms with Crippen LogP contribution in [0.25, 0.3) is 5.76 Å². The van der Waals surface area contributed by atoms with Gasteiger partial charge in [0.05, 0.1) is 23.2 Å². The molecule has 1 fully saturated rings. The number of benzene rings is 2. The van der Waals surface area contributed by atoms with Gasteiger partial charge in [-0.3, -0.25) is 9.59 Å². The van der Waals surface area contributed by atoms with Crippen LogP contribution in [0.15, 0.2) is 48.0 Å². The Morgan fingerprint density at radius 3 is 2.55 bits per heavy atom. The van der Waals surface area contributed by atoms with Crippen LogP contribution in [0.1, 0.15) is 30.5 Å². The molecule has 0 aromatic heterocycles. The number of methoxy groups -OCH3 is 1. The highest BCUT2D eigenvalue weighted by atomic mass is 35.5. The number of ether oxygens (including phenoxy) is 2. The maximum atomic E-state index is 13.5. The number of hydrogen-bond donors (Lipinski definition) is 1. The maximum Gasteiger partial charge on any atom is 0.295 e. The first-order valence-electron chi connectivity index (χ1n) is 9.84. The van der Waals surface area contributed by atoms with Gasteiger partial charge < -0.3 is 19.5 Å². The molecule has 1 heterocycles. The average Bonchev–Trinajstić information content (AvgIpc) is 3.00. The first-order chi connectivity index (χ1) is 14.9. The van der Waals surface area contributed by atoms with Crippen molar-refractivity contribution in [2.24, 2.45) is 0 Å². The Morgan fingerprint density at radius 1 is 1.19 bits per heavy atom. The van der Waals surface area contributed by atoms with Crippen molar-refractivity contribution in [3.05, 3.63) is 70.0 Å². The monoisotopic (exact) mass is 447 g/mol. The van der Waals surface area contributed by atoms with Gasteiger partial charge in [-0.25, -0.2) is 4.39 Å². The number of hydrogen-bond acceptors (Lipinski definition) is 5. The molecule has 1 atom stereocenters. The molecule has 0 spiro atoms.